The summed E-state index contributed by atoms with van der Waals surface area (Å²) in [5, 5.41) is 3.94. The van der Waals surface area contributed by atoms with E-state index in [2.05, 4.69) is 10.3 Å². The van der Waals surface area contributed by atoms with Crippen LogP contribution in [0.1, 0.15) is 28.2 Å². The van der Waals surface area contributed by atoms with Gasteiger partial charge in [-0.25, -0.2) is 4.39 Å². The second kappa shape index (κ2) is 6.02. The maximum Gasteiger partial charge on any atom is 0.263 e. The predicted molar refractivity (Wildman–Crippen MR) is 86.9 cm³/mol. The molecule has 2 aromatic heterocycles. The van der Waals surface area contributed by atoms with Crippen molar-refractivity contribution in [1.82, 2.24) is 10.3 Å². The van der Waals surface area contributed by atoms with Crippen LogP contribution in [0.3, 0.4) is 0 Å². The van der Waals surface area contributed by atoms with Gasteiger partial charge in [0.25, 0.3) is 5.91 Å². The minimum absolute atomic E-state index is 0.173. The lowest BCUT2D eigenvalue weighted by atomic mass is 10.1. The maximum atomic E-state index is 13.3. The molecule has 3 aromatic rings. The molecule has 3 nitrogen and oxygen atoms in total. The van der Waals surface area contributed by atoms with E-state index in [-0.39, 0.29) is 17.8 Å². The lowest BCUT2D eigenvalue weighted by Gasteiger charge is -2.13. The fourth-order valence-corrected chi connectivity index (χ4v) is 3.63. The Bertz CT molecular complexity index is 835. The van der Waals surface area contributed by atoms with Gasteiger partial charge in [0, 0.05) is 22.5 Å². The van der Waals surface area contributed by atoms with Crippen LogP contribution >= 0.6 is 22.9 Å². The van der Waals surface area contributed by atoms with Gasteiger partial charge in [0.05, 0.1) is 11.1 Å². The molecule has 0 bridgehead atoms. The number of fused-ring (bicyclic) bond motifs is 1. The molecule has 112 valence electrons. The van der Waals surface area contributed by atoms with E-state index in [9.17, 15) is 9.18 Å². The zero-order valence-corrected chi connectivity index (χ0v) is 13.2. The molecule has 6 heteroatoms. The standard InChI is InChI=1S/C16H12ClFN2OS/c1-9(10-4-6-19-7-5-10)20-16(21)15-14(17)12-3-2-11(18)8-13(12)22-15/h2-9H,1H3,(H,20,21). The van der Waals surface area contributed by atoms with Crippen LogP contribution in [-0.4, -0.2) is 10.9 Å². The van der Waals surface area contributed by atoms with Gasteiger partial charge in [-0.05, 0) is 42.8 Å². The first-order chi connectivity index (χ1) is 10.6. The number of hydrogen-bond acceptors (Lipinski definition) is 3. The van der Waals surface area contributed by atoms with Crippen molar-refractivity contribution in [3.63, 3.8) is 0 Å². The summed E-state index contributed by atoms with van der Waals surface area (Å²) < 4.78 is 13.9. The molecule has 0 aliphatic carbocycles. The van der Waals surface area contributed by atoms with E-state index in [4.69, 9.17) is 11.6 Å². The molecule has 2 heterocycles. The largest absolute Gasteiger partial charge is 0.345 e. The number of pyridine rings is 1. The Morgan fingerprint density at radius 1 is 1.32 bits per heavy atom. The minimum atomic E-state index is -0.345. The summed E-state index contributed by atoms with van der Waals surface area (Å²) in [5.74, 6) is -0.613. The zero-order chi connectivity index (χ0) is 15.7. The molecule has 0 aliphatic rings. The van der Waals surface area contributed by atoms with Crippen LogP contribution in [0, 0.1) is 5.82 Å². The summed E-state index contributed by atoms with van der Waals surface area (Å²) in [4.78, 5) is 16.8. The third kappa shape index (κ3) is 2.82. The molecule has 1 unspecified atom stereocenters. The molecule has 0 fully saturated rings. The number of benzene rings is 1. The number of hydrogen-bond donors (Lipinski definition) is 1. The Morgan fingerprint density at radius 3 is 2.77 bits per heavy atom. The second-order valence-electron chi connectivity index (χ2n) is 4.86. The zero-order valence-electron chi connectivity index (χ0n) is 11.6. The molecule has 22 heavy (non-hydrogen) atoms. The van der Waals surface area contributed by atoms with Crippen molar-refractivity contribution in [2.75, 3.05) is 0 Å². The predicted octanol–water partition coefficient (Wildman–Crippen LogP) is 4.58. The lowest BCUT2D eigenvalue weighted by Crippen LogP contribution is -2.26. The van der Waals surface area contributed by atoms with E-state index in [1.165, 1.54) is 23.5 Å². The smallest absolute Gasteiger partial charge is 0.263 e. The molecule has 0 saturated heterocycles. The van der Waals surface area contributed by atoms with Crippen LogP contribution in [0.5, 0.6) is 0 Å². The van der Waals surface area contributed by atoms with Crippen molar-refractivity contribution in [1.29, 1.82) is 0 Å². The lowest BCUT2D eigenvalue weighted by molar-refractivity contribution is 0.0944. The molecule has 3 rings (SSSR count). The normalized spacial score (nSPS) is 12.3. The first-order valence-corrected chi connectivity index (χ1v) is 7.84. The van der Waals surface area contributed by atoms with E-state index in [1.54, 1.807) is 18.5 Å². The number of carbonyl (C=O) groups is 1. The molecule has 0 radical (unpaired) electrons. The monoisotopic (exact) mass is 334 g/mol. The molecule has 1 atom stereocenters. The number of amides is 1. The van der Waals surface area contributed by atoms with E-state index in [0.717, 1.165) is 5.56 Å². The van der Waals surface area contributed by atoms with Crippen molar-refractivity contribution in [3.05, 3.63) is 64.0 Å². The third-order valence-corrected chi connectivity index (χ3v) is 5.01. The molecule has 0 saturated carbocycles. The van der Waals surface area contributed by atoms with Crippen molar-refractivity contribution in [2.45, 2.75) is 13.0 Å². The van der Waals surface area contributed by atoms with Crippen molar-refractivity contribution >= 4 is 38.9 Å². The van der Waals surface area contributed by atoms with Crippen molar-refractivity contribution < 1.29 is 9.18 Å². The molecular weight excluding hydrogens is 323 g/mol. The first-order valence-electron chi connectivity index (χ1n) is 6.64. The number of nitrogens with zero attached hydrogens (tertiary/aromatic N) is 1. The van der Waals surface area contributed by atoms with Crippen molar-refractivity contribution in [2.24, 2.45) is 0 Å². The average molecular weight is 335 g/mol. The van der Waals surface area contributed by atoms with E-state index in [1.807, 2.05) is 19.1 Å². The highest BCUT2D eigenvalue weighted by molar-refractivity contribution is 7.21. The summed E-state index contributed by atoms with van der Waals surface area (Å²) in [6, 6.07) is 7.82. The third-order valence-electron chi connectivity index (χ3n) is 3.35. The molecule has 0 spiro atoms. The van der Waals surface area contributed by atoms with Gasteiger partial charge in [0.15, 0.2) is 0 Å². The van der Waals surface area contributed by atoms with Crippen LogP contribution in [0.2, 0.25) is 5.02 Å². The Kier molecular flexibility index (Phi) is 4.09. The average Bonchev–Trinajstić information content (AvgIpc) is 2.84. The SMILES string of the molecule is CC(NC(=O)c1sc2cc(F)ccc2c1Cl)c1ccncc1. The molecular formula is C16H12ClFN2OS. The topological polar surface area (TPSA) is 42.0 Å². The van der Waals surface area contributed by atoms with Crippen molar-refractivity contribution in [3.8, 4) is 0 Å². The van der Waals surface area contributed by atoms with E-state index in [0.29, 0.717) is 20.0 Å². The van der Waals surface area contributed by atoms with Crippen LogP contribution in [-0.2, 0) is 0 Å². The summed E-state index contributed by atoms with van der Waals surface area (Å²) in [6.07, 6.45) is 3.35. The fourth-order valence-electron chi connectivity index (χ4n) is 2.18. The summed E-state index contributed by atoms with van der Waals surface area (Å²) in [7, 11) is 0. The minimum Gasteiger partial charge on any atom is -0.345 e. The molecule has 1 aromatic carbocycles. The Balaban J connectivity index is 1.88. The van der Waals surface area contributed by atoms with Crippen LogP contribution in [0.25, 0.3) is 10.1 Å². The molecule has 0 aliphatic heterocycles. The highest BCUT2D eigenvalue weighted by Crippen LogP contribution is 2.35. The van der Waals surface area contributed by atoms with Gasteiger partial charge in [-0.15, -0.1) is 11.3 Å². The second-order valence-corrected chi connectivity index (χ2v) is 6.29. The van der Waals surface area contributed by atoms with E-state index >= 15 is 0 Å². The highest BCUT2D eigenvalue weighted by Gasteiger charge is 2.19. The number of thiophene rings is 1. The molecule has 1 N–H and O–H groups in total. The van der Waals surface area contributed by atoms with E-state index < -0.39 is 0 Å². The number of rotatable bonds is 3. The number of aromatic nitrogens is 1. The number of halogens is 2. The Hall–Kier alpha value is -1.98. The highest BCUT2D eigenvalue weighted by atomic mass is 35.5. The van der Waals surface area contributed by atoms with Gasteiger partial charge >= 0.3 is 0 Å². The van der Waals surface area contributed by atoms with Crippen LogP contribution in [0.4, 0.5) is 4.39 Å². The first kappa shape index (κ1) is 14.9. The molecule has 1 amide bonds. The Morgan fingerprint density at radius 2 is 2.05 bits per heavy atom. The summed E-state index contributed by atoms with van der Waals surface area (Å²) in [6.45, 7) is 1.88. The van der Waals surface area contributed by atoms with Crippen LogP contribution in [0.15, 0.2) is 42.7 Å². The quantitative estimate of drug-likeness (QED) is 0.761. The van der Waals surface area contributed by atoms with Crippen LogP contribution < -0.4 is 5.32 Å². The van der Waals surface area contributed by atoms with Gasteiger partial charge in [0.2, 0.25) is 0 Å². The maximum absolute atomic E-state index is 13.3. The van der Waals surface area contributed by atoms with Gasteiger partial charge < -0.3 is 5.32 Å². The number of carbonyl (C=O) groups excluding carboxylic acids is 1. The van der Waals surface area contributed by atoms with Gasteiger partial charge in [-0.2, -0.15) is 0 Å². The Labute approximate surface area is 135 Å². The number of nitrogens with one attached hydrogen (secondary N) is 1. The van der Waals surface area contributed by atoms with Gasteiger partial charge in [0.1, 0.15) is 10.7 Å². The summed E-state index contributed by atoms with van der Waals surface area (Å²) in [5.41, 5.74) is 0.951. The summed E-state index contributed by atoms with van der Waals surface area (Å²) >= 11 is 7.44. The van der Waals surface area contributed by atoms with Gasteiger partial charge in [-0.1, -0.05) is 11.6 Å². The van der Waals surface area contributed by atoms with Gasteiger partial charge in [-0.3, -0.25) is 9.78 Å². The fraction of sp³-hybridized carbons (Fsp3) is 0.125.